The molecular formula is C14H15NO2S. The standard InChI is InChI=1S/C14H15NO2S/c1-9(14-3-2-6-18-14)15-12-8-17-13-7-10(16)4-5-11(12)13/h2-7,9,12,15-16H,8H2,1H3/t9-,12?/m0/s1. The van der Waals surface area contributed by atoms with E-state index in [-0.39, 0.29) is 11.8 Å². The second-order valence-corrected chi connectivity index (χ2v) is 5.47. The lowest BCUT2D eigenvalue weighted by molar-refractivity contribution is 0.301. The van der Waals surface area contributed by atoms with Crippen molar-refractivity contribution in [3.05, 3.63) is 46.2 Å². The summed E-state index contributed by atoms with van der Waals surface area (Å²) in [6.45, 7) is 2.78. The summed E-state index contributed by atoms with van der Waals surface area (Å²) in [6.07, 6.45) is 0. The zero-order valence-corrected chi connectivity index (χ0v) is 10.9. The summed E-state index contributed by atoms with van der Waals surface area (Å²) in [5.41, 5.74) is 1.12. The minimum atomic E-state index is 0.192. The molecule has 1 aromatic carbocycles. The summed E-state index contributed by atoms with van der Waals surface area (Å²) in [6, 6.07) is 10.0. The minimum Gasteiger partial charge on any atom is -0.508 e. The molecule has 0 spiro atoms. The molecule has 0 fully saturated rings. The molecule has 94 valence electrons. The van der Waals surface area contributed by atoms with Gasteiger partial charge in [0.05, 0.1) is 6.04 Å². The predicted octanol–water partition coefficient (Wildman–Crippen LogP) is 3.24. The molecule has 3 nitrogen and oxygen atoms in total. The fourth-order valence-corrected chi connectivity index (χ4v) is 3.00. The summed E-state index contributed by atoms with van der Waals surface area (Å²) in [5, 5.41) is 15.1. The molecule has 4 heteroatoms. The van der Waals surface area contributed by atoms with Gasteiger partial charge in [-0.2, -0.15) is 0 Å². The number of benzene rings is 1. The van der Waals surface area contributed by atoms with E-state index in [2.05, 4.69) is 29.8 Å². The first-order valence-electron chi connectivity index (χ1n) is 5.99. The van der Waals surface area contributed by atoms with Gasteiger partial charge in [-0.3, -0.25) is 5.32 Å². The van der Waals surface area contributed by atoms with Gasteiger partial charge in [-0.05, 0) is 30.5 Å². The molecule has 2 N–H and O–H groups in total. The number of aromatic hydroxyl groups is 1. The predicted molar refractivity (Wildman–Crippen MR) is 72.2 cm³/mol. The lowest BCUT2D eigenvalue weighted by Crippen LogP contribution is -2.25. The number of ether oxygens (including phenoxy) is 1. The number of thiophene rings is 1. The van der Waals surface area contributed by atoms with E-state index in [0.29, 0.717) is 12.6 Å². The molecule has 1 aliphatic rings. The second kappa shape index (κ2) is 4.63. The topological polar surface area (TPSA) is 41.5 Å². The van der Waals surface area contributed by atoms with Gasteiger partial charge in [0.25, 0.3) is 0 Å². The third-order valence-corrected chi connectivity index (χ3v) is 4.25. The van der Waals surface area contributed by atoms with Crippen LogP contribution >= 0.6 is 11.3 Å². The lowest BCUT2D eigenvalue weighted by atomic mass is 10.1. The molecule has 18 heavy (non-hydrogen) atoms. The number of hydrogen-bond donors (Lipinski definition) is 2. The molecule has 2 aromatic rings. The molecular weight excluding hydrogens is 246 g/mol. The Hall–Kier alpha value is -1.52. The van der Waals surface area contributed by atoms with Crippen molar-refractivity contribution >= 4 is 11.3 Å². The first-order valence-corrected chi connectivity index (χ1v) is 6.87. The van der Waals surface area contributed by atoms with Gasteiger partial charge in [0.15, 0.2) is 0 Å². The molecule has 1 unspecified atom stereocenters. The van der Waals surface area contributed by atoms with Crippen molar-refractivity contribution in [2.24, 2.45) is 0 Å². The van der Waals surface area contributed by atoms with Crippen LogP contribution in [0.5, 0.6) is 11.5 Å². The molecule has 0 saturated carbocycles. The smallest absolute Gasteiger partial charge is 0.127 e. The monoisotopic (exact) mass is 261 g/mol. The lowest BCUT2D eigenvalue weighted by Gasteiger charge is -2.17. The highest BCUT2D eigenvalue weighted by Crippen LogP contribution is 2.36. The fraction of sp³-hybridized carbons (Fsp3) is 0.286. The Morgan fingerprint density at radius 3 is 3.11 bits per heavy atom. The maximum absolute atomic E-state index is 9.42. The van der Waals surface area contributed by atoms with Gasteiger partial charge in [-0.15, -0.1) is 11.3 Å². The Kier molecular flexibility index (Phi) is 2.97. The van der Waals surface area contributed by atoms with Crippen LogP contribution < -0.4 is 10.1 Å². The van der Waals surface area contributed by atoms with Crippen molar-refractivity contribution in [1.82, 2.24) is 5.32 Å². The second-order valence-electron chi connectivity index (χ2n) is 4.49. The van der Waals surface area contributed by atoms with Gasteiger partial charge in [-0.1, -0.05) is 6.07 Å². The van der Waals surface area contributed by atoms with E-state index in [1.54, 1.807) is 23.5 Å². The number of fused-ring (bicyclic) bond motifs is 1. The highest BCUT2D eigenvalue weighted by molar-refractivity contribution is 7.10. The van der Waals surface area contributed by atoms with Crippen LogP contribution in [0, 0.1) is 0 Å². The normalized spacial score (nSPS) is 19.3. The van der Waals surface area contributed by atoms with Crippen molar-refractivity contribution in [1.29, 1.82) is 0 Å². The molecule has 0 saturated heterocycles. The SMILES string of the molecule is C[C@H](NC1COc2cc(O)ccc21)c1cccs1. The van der Waals surface area contributed by atoms with Gasteiger partial charge in [0.1, 0.15) is 18.1 Å². The van der Waals surface area contributed by atoms with Crippen molar-refractivity contribution in [3.8, 4) is 11.5 Å². The number of phenols is 1. The van der Waals surface area contributed by atoms with E-state index in [4.69, 9.17) is 4.74 Å². The minimum absolute atomic E-state index is 0.192. The van der Waals surface area contributed by atoms with Crippen LogP contribution in [0.3, 0.4) is 0 Å². The van der Waals surface area contributed by atoms with Crippen molar-refractivity contribution in [3.63, 3.8) is 0 Å². The first-order chi connectivity index (χ1) is 8.74. The number of phenolic OH excluding ortho intramolecular Hbond substituents is 1. The summed E-state index contributed by atoms with van der Waals surface area (Å²) < 4.78 is 5.59. The van der Waals surface area contributed by atoms with E-state index in [1.807, 2.05) is 6.07 Å². The van der Waals surface area contributed by atoms with Crippen LogP contribution in [0.25, 0.3) is 0 Å². The van der Waals surface area contributed by atoms with E-state index in [0.717, 1.165) is 11.3 Å². The Morgan fingerprint density at radius 1 is 1.44 bits per heavy atom. The first kappa shape index (κ1) is 11.6. The van der Waals surface area contributed by atoms with Gasteiger partial charge in [0, 0.05) is 22.5 Å². The average molecular weight is 261 g/mol. The molecule has 0 bridgehead atoms. The van der Waals surface area contributed by atoms with Gasteiger partial charge < -0.3 is 9.84 Å². The van der Waals surface area contributed by atoms with Crippen molar-refractivity contribution in [2.75, 3.05) is 6.61 Å². The van der Waals surface area contributed by atoms with E-state index in [9.17, 15) is 5.11 Å². The molecule has 0 radical (unpaired) electrons. The third kappa shape index (κ3) is 2.09. The van der Waals surface area contributed by atoms with Gasteiger partial charge >= 0.3 is 0 Å². The quantitative estimate of drug-likeness (QED) is 0.891. The maximum atomic E-state index is 9.42. The zero-order valence-electron chi connectivity index (χ0n) is 10.1. The molecule has 1 aliphatic heterocycles. The Balaban J connectivity index is 1.77. The summed E-state index contributed by atoms with van der Waals surface area (Å²) in [7, 11) is 0. The molecule has 2 atom stereocenters. The Labute approximate surface area is 110 Å². The number of nitrogens with one attached hydrogen (secondary N) is 1. The number of rotatable bonds is 3. The van der Waals surface area contributed by atoms with Crippen LogP contribution in [0.15, 0.2) is 35.7 Å². The van der Waals surface area contributed by atoms with E-state index in [1.165, 1.54) is 4.88 Å². The van der Waals surface area contributed by atoms with Crippen LogP contribution in [-0.2, 0) is 0 Å². The highest BCUT2D eigenvalue weighted by atomic mass is 32.1. The van der Waals surface area contributed by atoms with Crippen LogP contribution in [0.2, 0.25) is 0 Å². The Morgan fingerprint density at radius 2 is 2.33 bits per heavy atom. The molecule has 1 aromatic heterocycles. The maximum Gasteiger partial charge on any atom is 0.127 e. The summed E-state index contributed by atoms with van der Waals surface area (Å²) in [5.74, 6) is 1.03. The molecule has 0 aliphatic carbocycles. The molecule has 0 amide bonds. The van der Waals surface area contributed by atoms with Gasteiger partial charge in [0.2, 0.25) is 0 Å². The van der Waals surface area contributed by atoms with Crippen LogP contribution in [0.1, 0.15) is 29.4 Å². The average Bonchev–Trinajstić information content (AvgIpc) is 2.98. The van der Waals surface area contributed by atoms with Crippen LogP contribution in [-0.4, -0.2) is 11.7 Å². The van der Waals surface area contributed by atoms with Crippen LogP contribution in [0.4, 0.5) is 0 Å². The van der Waals surface area contributed by atoms with E-state index >= 15 is 0 Å². The van der Waals surface area contributed by atoms with E-state index < -0.39 is 0 Å². The third-order valence-electron chi connectivity index (χ3n) is 3.20. The highest BCUT2D eigenvalue weighted by Gasteiger charge is 2.25. The van der Waals surface area contributed by atoms with Crippen molar-refractivity contribution in [2.45, 2.75) is 19.0 Å². The number of hydrogen-bond acceptors (Lipinski definition) is 4. The zero-order chi connectivity index (χ0) is 12.5. The molecule has 2 heterocycles. The van der Waals surface area contributed by atoms with Crippen molar-refractivity contribution < 1.29 is 9.84 Å². The Bertz CT molecular complexity index is 539. The summed E-state index contributed by atoms with van der Waals surface area (Å²) in [4.78, 5) is 1.32. The molecule has 3 rings (SSSR count). The summed E-state index contributed by atoms with van der Waals surface area (Å²) >= 11 is 1.75. The fourth-order valence-electron chi connectivity index (χ4n) is 2.26. The largest absolute Gasteiger partial charge is 0.508 e. The van der Waals surface area contributed by atoms with Gasteiger partial charge in [-0.25, -0.2) is 0 Å².